The van der Waals surface area contributed by atoms with Gasteiger partial charge in [-0.1, -0.05) is 39.7 Å². The summed E-state index contributed by atoms with van der Waals surface area (Å²) < 4.78 is 0.994. The maximum absolute atomic E-state index is 11.1. The number of aromatic carboxylic acids is 1. The smallest absolute Gasteiger partial charge is 0.342 e. The first-order chi connectivity index (χ1) is 9.06. The zero-order valence-electron chi connectivity index (χ0n) is 10.1. The van der Waals surface area contributed by atoms with Gasteiger partial charge in [0.15, 0.2) is 6.20 Å². The van der Waals surface area contributed by atoms with Crippen LogP contribution >= 0.6 is 27.5 Å². The fourth-order valence-corrected chi connectivity index (χ4v) is 1.98. The number of hydrogen-bond donors (Lipinski definition) is 1. The minimum Gasteiger partial charge on any atom is -1.00 e. The van der Waals surface area contributed by atoms with E-state index in [9.17, 15) is 4.79 Å². The minimum atomic E-state index is -1.02. The highest BCUT2D eigenvalue weighted by Crippen LogP contribution is 2.15. The average molecular weight is 375 g/mol. The number of carboxylic acid groups (broad SMARTS) is 1. The second-order valence-electron chi connectivity index (χ2n) is 3.84. The minimum absolute atomic E-state index is 0. The number of aromatic nitrogens is 1. The van der Waals surface area contributed by atoms with Crippen molar-refractivity contribution in [2.24, 2.45) is 0 Å². The SMILES string of the molecule is O=C(O)c1cc(Cl)c[nH+]c1C=Cc1ccc(Br)cc1.[Cl-]. The summed E-state index contributed by atoms with van der Waals surface area (Å²) >= 11 is 9.13. The lowest BCUT2D eigenvalue weighted by atomic mass is 10.1. The number of hydrogen-bond acceptors (Lipinski definition) is 1. The third-order valence-electron chi connectivity index (χ3n) is 2.48. The van der Waals surface area contributed by atoms with E-state index in [1.165, 1.54) is 6.07 Å². The number of benzene rings is 1. The molecule has 104 valence electrons. The van der Waals surface area contributed by atoms with Gasteiger partial charge in [-0.15, -0.1) is 0 Å². The van der Waals surface area contributed by atoms with E-state index in [-0.39, 0.29) is 18.0 Å². The second-order valence-corrected chi connectivity index (χ2v) is 5.19. The Labute approximate surface area is 135 Å². The Bertz CT molecular complexity index is 642. The maximum atomic E-state index is 11.1. The van der Waals surface area contributed by atoms with E-state index in [4.69, 9.17) is 16.7 Å². The molecule has 2 rings (SSSR count). The largest absolute Gasteiger partial charge is 1.00 e. The molecule has 0 unspecified atom stereocenters. The Morgan fingerprint density at radius 3 is 2.50 bits per heavy atom. The van der Waals surface area contributed by atoms with Crippen LogP contribution in [0.1, 0.15) is 21.6 Å². The maximum Gasteiger partial charge on any atom is 0.342 e. The molecule has 0 aliphatic heterocycles. The molecule has 2 aromatic rings. The molecule has 3 nitrogen and oxygen atoms in total. The fourth-order valence-electron chi connectivity index (χ4n) is 1.55. The number of pyridine rings is 1. The van der Waals surface area contributed by atoms with Crippen molar-refractivity contribution < 1.29 is 27.3 Å². The van der Waals surface area contributed by atoms with Gasteiger partial charge in [-0.05, 0) is 29.8 Å². The fraction of sp³-hybridized carbons (Fsp3) is 0. The molecule has 6 heteroatoms. The van der Waals surface area contributed by atoms with Gasteiger partial charge < -0.3 is 17.5 Å². The average Bonchev–Trinajstić information content (AvgIpc) is 2.39. The predicted octanol–water partition coefficient (Wildman–Crippen LogP) is 0.789. The Hall–Kier alpha value is -1.36. The zero-order chi connectivity index (χ0) is 13.8. The van der Waals surface area contributed by atoms with Crippen molar-refractivity contribution in [3.05, 3.63) is 62.8 Å². The van der Waals surface area contributed by atoms with Crippen LogP contribution in [0, 0.1) is 0 Å². The molecule has 0 aliphatic carbocycles. The lowest BCUT2D eigenvalue weighted by Gasteiger charge is -1.96. The Morgan fingerprint density at radius 1 is 1.25 bits per heavy atom. The third-order valence-corrected chi connectivity index (χ3v) is 3.23. The van der Waals surface area contributed by atoms with Crippen LogP contribution in [0.3, 0.4) is 0 Å². The van der Waals surface area contributed by atoms with E-state index in [0.29, 0.717) is 10.7 Å². The lowest BCUT2D eigenvalue weighted by molar-refractivity contribution is -0.381. The molecule has 0 aliphatic rings. The Kier molecular flexibility index (Phi) is 6.20. The van der Waals surface area contributed by atoms with E-state index < -0.39 is 5.97 Å². The number of nitrogens with one attached hydrogen (secondary N) is 1. The summed E-state index contributed by atoms with van der Waals surface area (Å²) in [5.41, 5.74) is 1.61. The summed E-state index contributed by atoms with van der Waals surface area (Å²) in [6.45, 7) is 0. The molecule has 1 aromatic carbocycles. The first-order valence-electron chi connectivity index (χ1n) is 5.44. The molecule has 20 heavy (non-hydrogen) atoms. The summed E-state index contributed by atoms with van der Waals surface area (Å²) in [5.74, 6) is -1.02. The highest BCUT2D eigenvalue weighted by atomic mass is 79.9. The van der Waals surface area contributed by atoms with Crippen LogP contribution in [0.2, 0.25) is 5.02 Å². The first kappa shape index (κ1) is 16.7. The van der Waals surface area contributed by atoms with Crippen LogP contribution < -0.4 is 17.4 Å². The van der Waals surface area contributed by atoms with Crippen LogP contribution in [0.15, 0.2) is 41.0 Å². The standard InChI is InChI=1S/C14H9BrClNO2.ClH/c15-10-4-1-9(2-5-10)3-6-13-12(14(18)19)7-11(16)8-17-13;/h1-8H,(H,18,19);1H. The van der Waals surface area contributed by atoms with Gasteiger partial charge in [0.2, 0.25) is 5.69 Å². The van der Waals surface area contributed by atoms with E-state index in [0.717, 1.165) is 10.0 Å². The second kappa shape index (κ2) is 7.43. The van der Waals surface area contributed by atoms with Crippen LogP contribution in [-0.2, 0) is 0 Å². The zero-order valence-corrected chi connectivity index (χ0v) is 13.2. The van der Waals surface area contributed by atoms with Gasteiger partial charge in [0.05, 0.1) is 0 Å². The first-order valence-corrected chi connectivity index (χ1v) is 6.61. The third kappa shape index (κ3) is 4.34. The molecule has 0 amide bonds. The van der Waals surface area contributed by atoms with E-state index in [2.05, 4.69) is 20.9 Å². The highest BCUT2D eigenvalue weighted by Gasteiger charge is 2.14. The summed E-state index contributed by atoms with van der Waals surface area (Å²) in [7, 11) is 0. The summed E-state index contributed by atoms with van der Waals surface area (Å²) in [5, 5.41) is 9.46. The van der Waals surface area contributed by atoms with Gasteiger partial charge in [-0.2, -0.15) is 0 Å². The lowest BCUT2D eigenvalue weighted by Crippen LogP contribution is -3.00. The molecular weight excluding hydrogens is 365 g/mol. The van der Waals surface area contributed by atoms with Crippen molar-refractivity contribution in [1.29, 1.82) is 0 Å². The molecule has 0 atom stereocenters. The number of carboxylic acids is 1. The predicted molar refractivity (Wildman–Crippen MR) is 78.0 cm³/mol. The van der Waals surface area contributed by atoms with E-state index >= 15 is 0 Å². The molecule has 1 aromatic heterocycles. The van der Waals surface area contributed by atoms with Gasteiger partial charge in [-0.25, -0.2) is 9.78 Å². The van der Waals surface area contributed by atoms with Crippen LogP contribution in [0.25, 0.3) is 12.2 Å². The van der Waals surface area contributed by atoms with Gasteiger partial charge in [-0.3, -0.25) is 0 Å². The summed E-state index contributed by atoms with van der Waals surface area (Å²) in [6.07, 6.45) is 5.09. The normalized spacial score (nSPS) is 10.3. The van der Waals surface area contributed by atoms with Crippen molar-refractivity contribution in [2.75, 3.05) is 0 Å². The number of halogens is 3. The van der Waals surface area contributed by atoms with Crippen LogP contribution in [0.4, 0.5) is 0 Å². The van der Waals surface area contributed by atoms with Gasteiger partial charge >= 0.3 is 5.97 Å². The van der Waals surface area contributed by atoms with E-state index in [1.54, 1.807) is 12.3 Å². The monoisotopic (exact) mass is 373 g/mol. The van der Waals surface area contributed by atoms with Crippen molar-refractivity contribution in [3.63, 3.8) is 0 Å². The molecule has 0 radical (unpaired) electrons. The molecule has 0 saturated carbocycles. The van der Waals surface area contributed by atoms with Crippen molar-refractivity contribution >= 4 is 45.7 Å². The summed E-state index contributed by atoms with van der Waals surface area (Å²) in [4.78, 5) is 14.0. The van der Waals surface area contributed by atoms with E-state index in [1.807, 2.05) is 30.3 Å². The van der Waals surface area contributed by atoms with Gasteiger partial charge in [0.25, 0.3) is 0 Å². The number of H-pyrrole nitrogens is 1. The molecule has 0 bridgehead atoms. The molecule has 1 heterocycles. The van der Waals surface area contributed by atoms with Crippen LogP contribution in [-0.4, -0.2) is 11.1 Å². The number of aromatic amines is 1. The van der Waals surface area contributed by atoms with Gasteiger partial charge in [0.1, 0.15) is 10.6 Å². The Morgan fingerprint density at radius 2 is 1.90 bits per heavy atom. The quantitative estimate of drug-likeness (QED) is 0.863. The highest BCUT2D eigenvalue weighted by molar-refractivity contribution is 9.10. The molecule has 0 spiro atoms. The topological polar surface area (TPSA) is 51.4 Å². The van der Waals surface area contributed by atoms with Crippen molar-refractivity contribution in [3.8, 4) is 0 Å². The van der Waals surface area contributed by atoms with Crippen LogP contribution in [0.5, 0.6) is 0 Å². The number of rotatable bonds is 3. The Balaban J connectivity index is 0.00000200. The molecule has 0 saturated heterocycles. The van der Waals surface area contributed by atoms with Crippen molar-refractivity contribution in [1.82, 2.24) is 0 Å². The number of carbonyl (C=O) groups is 1. The van der Waals surface area contributed by atoms with Crippen molar-refractivity contribution in [2.45, 2.75) is 0 Å². The molecular formula is C14H10BrCl2NO2. The molecule has 2 N–H and O–H groups in total. The molecule has 0 fully saturated rings. The summed E-state index contributed by atoms with van der Waals surface area (Å²) in [6, 6.07) is 9.11. The van der Waals surface area contributed by atoms with Gasteiger partial charge in [0, 0.05) is 10.5 Å².